The zero-order chi connectivity index (χ0) is 17.4. The number of fused-ring (bicyclic) bond motifs is 1. The Balaban J connectivity index is 1.72. The molecule has 0 unspecified atom stereocenters. The number of likely N-dealkylation sites (tertiary alicyclic amines) is 1. The number of piperidine rings is 1. The minimum absolute atomic E-state index is 0.00354. The van der Waals surface area contributed by atoms with E-state index in [1.54, 1.807) is 3.51 Å². The molecule has 3 heterocycles. The fourth-order valence-electron chi connectivity index (χ4n) is 3.76. The Hall–Kier alpha value is -0.330. The summed E-state index contributed by atoms with van der Waals surface area (Å²) in [5.41, 5.74) is 1.82. The Morgan fingerprint density at radius 2 is 2.08 bits per heavy atom. The van der Waals surface area contributed by atoms with E-state index in [4.69, 9.17) is 0 Å². The van der Waals surface area contributed by atoms with Crippen LogP contribution in [-0.4, -0.2) is 57.0 Å². The summed E-state index contributed by atoms with van der Waals surface area (Å²) < 4.78 is 8.08. The van der Waals surface area contributed by atoms with Gasteiger partial charge in [0.15, 0.2) is 0 Å². The van der Waals surface area contributed by atoms with Crippen molar-refractivity contribution in [2.45, 2.75) is 12.8 Å². The standard InChI is InChI=1S/C17H20I2N4OS/c1-18-14-15(19-2)23(10-17(14)5-7-20-8-6-17)16(24)11-3-4-13-12(9-11)21-22-25-13/h3-4,9,20H,5-8,10H2,1-2H3. The zero-order valence-electron chi connectivity index (χ0n) is 14.2. The van der Waals surface area contributed by atoms with E-state index in [9.17, 15) is 4.79 Å². The van der Waals surface area contributed by atoms with Crippen LogP contribution in [0.15, 0.2) is 18.2 Å². The van der Waals surface area contributed by atoms with Crippen LogP contribution in [0.25, 0.3) is 10.2 Å². The third-order valence-corrected chi connectivity index (χ3v) is 11.6. The summed E-state index contributed by atoms with van der Waals surface area (Å²) in [6.07, 6.45) is 2.34. The molecule has 2 aromatic rings. The number of amides is 1. The second kappa shape index (κ2) is 7.35. The highest BCUT2D eigenvalue weighted by Gasteiger charge is 2.48. The van der Waals surface area contributed by atoms with E-state index in [2.05, 4.69) is 29.7 Å². The van der Waals surface area contributed by atoms with Crippen LogP contribution >= 0.6 is 53.0 Å². The number of aromatic nitrogens is 2. The van der Waals surface area contributed by atoms with Gasteiger partial charge < -0.3 is 10.2 Å². The molecule has 0 atom stereocenters. The molecular formula is C17H20I2N4OS. The number of alkyl halides is 2. The van der Waals surface area contributed by atoms with Crippen molar-refractivity contribution in [1.82, 2.24) is 19.8 Å². The maximum atomic E-state index is 13.3. The summed E-state index contributed by atoms with van der Waals surface area (Å²) in [6, 6.07) is 5.81. The minimum Gasteiger partial charge on any atom is -0.317 e. The predicted octanol–water partition coefficient (Wildman–Crippen LogP) is 3.02. The van der Waals surface area contributed by atoms with Crippen LogP contribution in [0.1, 0.15) is 23.2 Å². The Bertz CT molecular complexity index is 886. The first-order chi connectivity index (χ1) is 12.2. The smallest absolute Gasteiger partial charge is 0.258 e. The van der Waals surface area contributed by atoms with Crippen molar-refractivity contribution in [2.75, 3.05) is 29.5 Å². The number of halogens is 2. The number of carbonyl (C=O) groups is 1. The highest BCUT2D eigenvalue weighted by atomic mass is 127. The van der Waals surface area contributed by atoms with Crippen LogP contribution in [0, 0.1) is 5.41 Å². The van der Waals surface area contributed by atoms with Crippen LogP contribution in [0.2, 0.25) is 0 Å². The lowest BCUT2D eigenvalue weighted by molar-refractivity contribution is 0.0827. The lowest BCUT2D eigenvalue weighted by atomic mass is 9.78. The van der Waals surface area contributed by atoms with Crippen molar-refractivity contribution < 1.29 is 4.79 Å². The van der Waals surface area contributed by atoms with Gasteiger partial charge >= 0.3 is 0 Å². The lowest BCUT2D eigenvalue weighted by Crippen LogP contribution is -2.42. The Morgan fingerprint density at radius 3 is 2.80 bits per heavy atom. The molecule has 2 aliphatic rings. The molecule has 134 valence electrons. The normalized spacial score (nSPS) is 23.8. The van der Waals surface area contributed by atoms with Gasteiger partial charge in [-0.25, -0.2) is 0 Å². The summed E-state index contributed by atoms with van der Waals surface area (Å²) in [4.78, 5) is 20.1. The molecule has 2 saturated heterocycles. The first-order valence-corrected chi connectivity index (χ1v) is 15.4. The molecule has 2 aliphatic heterocycles. The van der Waals surface area contributed by atoms with Gasteiger partial charge in [-0.05, 0) is 65.5 Å². The van der Waals surface area contributed by atoms with Gasteiger partial charge in [0, 0.05) is 21.0 Å². The van der Waals surface area contributed by atoms with Crippen LogP contribution in [-0.2, 0) is 0 Å². The molecule has 1 aromatic heterocycles. The van der Waals surface area contributed by atoms with Gasteiger partial charge in [-0.1, -0.05) is 25.2 Å². The fourth-order valence-corrected chi connectivity index (χ4v) is 11.6. The molecule has 1 spiro atoms. The van der Waals surface area contributed by atoms with E-state index < -0.39 is 0 Å². The molecule has 0 saturated carbocycles. The average molecular weight is 582 g/mol. The van der Waals surface area contributed by atoms with Crippen LogP contribution in [0.5, 0.6) is 0 Å². The second-order valence-corrected chi connectivity index (χ2v) is 11.4. The van der Waals surface area contributed by atoms with E-state index in [1.165, 1.54) is 28.0 Å². The molecule has 4 rings (SSSR count). The molecule has 1 amide bonds. The first kappa shape index (κ1) is 18.1. The third-order valence-electron chi connectivity index (χ3n) is 5.01. The molecule has 0 aliphatic carbocycles. The summed E-state index contributed by atoms with van der Waals surface area (Å²) in [7, 11) is 0. The number of carbonyl (C=O) groups excluding carboxylic acids is 1. The third kappa shape index (κ3) is 3.12. The molecule has 1 N–H and O–H groups in total. The van der Waals surface area contributed by atoms with Crippen LogP contribution < -0.4 is 5.32 Å². The maximum Gasteiger partial charge on any atom is 0.258 e. The molecular weight excluding hydrogens is 562 g/mol. The zero-order valence-corrected chi connectivity index (χ0v) is 19.3. The van der Waals surface area contributed by atoms with Crippen molar-refractivity contribution in [1.29, 1.82) is 0 Å². The number of nitrogens with zero attached hydrogens (tertiary/aromatic N) is 3. The van der Waals surface area contributed by atoms with Gasteiger partial charge in [-0.2, -0.15) is 0 Å². The Morgan fingerprint density at radius 1 is 1.28 bits per heavy atom. The fraction of sp³-hybridized carbons (Fsp3) is 0.471. The van der Waals surface area contributed by atoms with Crippen LogP contribution in [0.4, 0.5) is 0 Å². The predicted molar refractivity (Wildman–Crippen MR) is 123 cm³/mol. The number of hydrogen-bond donors (Lipinski definition) is 1. The first-order valence-electron chi connectivity index (χ1n) is 8.17. The van der Waals surface area contributed by atoms with E-state index in [0.717, 1.165) is 35.4 Å². The highest BCUT2D eigenvalue weighted by molar-refractivity contribution is 14.2. The van der Waals surface area contributed by atoms with Crippen molar-refractivity contribution >= 4 is 76.3 Å². The van der Waals surface area contributed by atoms with Crippen molar-refractivity contribution in [3.8, 4) is 0 Å². The summed E-state index contributed by atoms with van der Waals surface area (Å²) in [5, 5.41) is 7.62. The topological polar surface area (TPSA) is 58.1 Å². The minimum atomic E-state index is -0.121. The summed E-state index contributed by atoms with van der Waals surface area (Å²) >= 11 is 1.26. The van der Waals surface area contributed by atoms with Gasteiger partial charge in [-0.3, -0.25) is 4.79 Å². The van der Waals surface area contributed by atoms with E-state index in [1.807, 2.05) is 18.2 Å². The molecule has 25 heavy (non-hydrogen) atoms. The number of rotatable bonds is 1. The van der Waals surface area contributed by atoms with Gasteiger partial charge in [0.25, 0.3) is 5.91 Å². The van der Waals surface area contributed by atoms with Gasteiger partial charge in [0.1, 0.15) is 5.52 Å². The summed E-state index contributed by atoms with van der Waals surface area (Å²) in [6.45, 7) is 3.02. The second-order valence-electron chi connectivity index (χ2n) is 6.36. The molecule has 8 heteroatoms. The number of benzene rings is 1. The molecule has 0 bridgehead atoms. The molecule has 2 fully saturated rings. The van der Waals surface area contributed by atoms with E-state index in [0.29, 0.717) is 0 Å². The van der Waals surface area contributed by atoms with E-state index in [-0.39, 0.29) is 52.8 Å². The average Bonchev–Trinajstić information content (AvgIpc) is 3.23. The number of hydrogen-bond acceptors (Lipinski definition) is 5. The monoisotopic (exact) mass is 582 g/mol. The van der Waals surface area contributed by atoms with Gasteiger partial charge in [0.2, 0.25) is 0 Å². The Kier molecular flexibility index (Phi) is 5.31. The maximum absolute atomic E-state index is 13.3. The highest BCUT2D eigenvalue weighted by Crippen LogP contribution is 2.42. The summed E-state index contributed by atoms with van der Waals surface area (Å²) in [5.74, 6) is 0.150. The van der Waals surface area contributed by atoms with Crippen LogP contribution in [0.3, 0.4) is 0 Å². The Labute approximate surface area is 171 Å². The molecule has 5 nitrogen and oxygen atoms in total. The van der Waals surface area contributed by atoms with Gasteiger partial charge in [-0.15, -0.1) is 25.8 Å². The largest absolute Gasteiger partial charge is 0.317 e. The molecule has 1 aromatic carbocycles. The van der Waals surface area contributed by atoms with E-state index >= 15 is 0 Å². The van der Waals surface area contributed by atoms with Crippen molar-refractivity contribution in [2.24, 2.45) is 5.41 Å². The SMILES string of the molecule is CI=C1C(=IC)C2(CCNCC2)CN1C(=O)c1ccc2snnc2c1. The lowest BCUT2D eigenvalue weighted by Gasteiger charge is -2.34. The number of nitrogens with one attached hydrogen (secondary N) is 1. The quantitative estimate of drug-likeness (QED) is 0.416. The molecule has 0 radical (unpaired) electrons. The van der Waals surface area contributed by atoms with Crippen molar-refractivity contribution in [3.05, 3.63) is 23.8 Å². The van der Waals surface area contributed by atoms with Gasteiger partial charge in [0.05, 0.1) is 8.33 Å². The van der Waals surface area contributed by atoms with Crippen molar-refractivity contribution in [3.63, 3.8) is 0 Å².